The lowest BCUT2D eigenvalue weighted by molar-refractivity contribution is -0.134. The van der Waals surface area contributed by atoms with Crippen molar-refractivity contribution in [3.8, 4) is 40.6 Å². The van der Waals surface area contributed by atoms with Crippen LogP contribution in [0.4, 0.5) is 20.4 Å². The number of amides is 1. The van der Waals surface area contributed by atoms with Gasteiger partial charge in [-0.3, -0.25) is 15.0 Å². The van der Waals surface area contributed by atoms with Crippen molar-refractivity contribution in [2.24, 2.45) is 21.7 Å². The number of carbonyl (C=O) groups is 2. The minimum absolute atomic E-state index is 0.00336. The average molecular weight is 1040 g/mol. The molecule has 8 rings (SSSR count). The van der Waals surface area contributed by atoms with Gasteiger partial charge in [0.15, 0.2) is 34.6 Å². The van der Waals surface area contributed by atoms with Crippen LogP contribution >= 0.6 is 0 Å². The number of aliphatic imine (C=N–C) groups is 2. The number of anilines is 1. The number of hydrogen-bond donors (Lipinski definition) is 6. The van der Waals surface area contributed by atoms with Gasteiger partial charge in [0.2, 0.25) is 11.9 Å². The van der Waals surface area contributed by atoms with Gasteiger partial charge in [-0.15, -0.1) is 5.10 Å². The first-order valence-corrected chi connectivity index (χ1v) is 23.7. The van der Waals surface area contributed by atoms with Gasteiger partial charge >= 0.3 is 0 Å². The lowest BCUT2D eigenvalue weighted by atomic mass is 9.87. The second-order valence-corrected chi connectivity index (χ2v) is 17.1. The molecule has 7 N–H and O–H groups in total. The maximum atomic E-state index is 14.6. The fourth-order valence-corrected chi connectivity index (χ4v) is 8.23. The van der Waals surface area contributed by atoms with Crippen LogP contribution in [0.2, 0.25) is 0 Å². The number of nitriles is 1. The molecule has 2 saturated carbocycles. The molecule has 0 saturated heterocycles. The summed E-state index contributed by atoms with van der Waals surface area (Å²) in [5.74, 6) is 6.67. The minimum Gasteiger partial charge on any atom is -0.497 e. The predicted octanol–water partition coefficient (Wildman–Crippen LogP) is 7.42. The zero-order chi connectivity index (χ0) is 54.6. The number of aliphatic hydroxyl groups excluding tert-OH is 2. The van der Waals surface area contributed by atoms with Crippen LogP contribution < -0.4 is 45.0 Å². The molecule has 2 aliphatic rings. The molecule has 1 amide bonds. The zero-order valence-electron chi connectivity index (χ0n) is 42.7. The number of hydrogen-bond acceptors (Lipinski definition) is 18. The fraction of sp³-hybridized carbons (Fsp3) is 0.404. The first-order chi connectivity index (χ1) is 36.1. The van der Waals surface area contributed by atoms with E-state index in [9.17, 15) is 23.8 Å². The van der Waals surface area contributed by atoms with E-state index in [1.165, 1.54) is 26.4 Å². The van der Waals surface area contributed by atoms with E-state index in [1.807, 2.05) is 30.3 Å². The van der Waals surface area contributed by atoms with Gasteiger partial charge in [0.25, 0.3) is 5.97 Å². The van der Waals surface area contributed by atoms with Crippen LogP contribution in [0.25, 0.3) is 16.6 Å². The summed E-state index contributed by atoms with van der Waals surface area (Å²) >= 11 is 0. The van der Waals surface area contributed by atoms with Crippen molar-refractivity contribution in [2.75, 3.05) is 48.0 Å². The van der Waals surface area contributed by atoms with Crippen molar-refractivity contribution in [1.82, 2.24) is 25.0 Å². The second kappa shape index (κ2) is 28.3. The third-order valence-corrected chi connectivity index (χ3v) is 12.0. The molecular formula is C52H62F2N10O11. The number of fused-ring (bicyclic) bond motifs is 3. The number of nitrogens with zero attached hydrogens (tertiary/aromatic N) is 7. The molecule has 2 heterocycles. The Labute approximate surface area is 431 Å². The number of nitrogens with one attached hydrogen (secondary N) is 2. The van der Waals surface area contributed by atoms with Gasteiger partial charge in [-0.25, -0.2) is 29.6 Å². The Kier molecular flexibility index (Phi) is 21.8. The van der Waals surface area contributed by atoms with E-state index in [2.05, 4.69) is 26.7 Å². The molecule has 2 fully saturated rings. The van der Waals surface area contributed by atoms with Crippen molar-refractivity contribution >= 4 is 46.1 Å². The Bertz CT molecular complexity index is 3010. The molecule has 23 heteroatoms. The molecule has 4 atom stereocenters. The monoisotopic (exact) mass is 1040 g/mol. The van der Waals surface area contributed by atoms with Crippen LogP contribution in [0.5, 0.6) is 34.5 Å². The summed E-state index contributed by atoms with van der Waals surface area (Å²) in [5, 5.41) is 44.4. The number of aliphatic hydroxyl groups is 2. The van der Waals surface area contributed by atoms with Crippen molar-refractivity contribution in [2.45, 2.75) is 89.5 Å². The number of hydrazine groups is 1. The number of nitrogens with two attached hydrogens (primary N) is 1. The molecule has 2 aliphatic carbocycles. The summed E-state index contributed by atoms with van der Waals surface area (Å²) in [6.07, 6.45) is 5.66. The number of methoxy groups -OCH3 is 6. The highest BCUT2D eigenvalue weighted by Gasteiger charge is 2.27. The van der Waals surface area contributed by atoms with E-state index in [0.717, 1.165) is 62.6 Å². The largest absolute Gasteiger partial charge is 0.497 e. The van der Waals surface area contributed by atoms with Crippen molar-refractivity contribution in [3.63, 3.8) is 0 Å². The maximum Gasteiger partial charge on any atom is 0.300 e. The highest BCUT2D eigenvalue weighted by molar-refractivity contribution is 5.93. The molecule has 0 aliphatic heterocycles. The Morgan fingerprint density at radius 3 is 1.96 bits per heavy atom. The van der Waals surface area contributed by atoms with Gasteiger partial charge in [-0.05, 0) is 74.9 Å². The molecule has 0 spiro atoms. The second-order valence-electron chi connectivity index (χ2n) is 17.1. The Hall–Kier alpha value is -8.16. The molecule has 400 valence electrons. The topological polar surface area (TPSA) is 292 Å². The van der Waals surface area contributed by atoms with Crippen LogP contribution in [-0.2, 0) is 22.7 Å². The molecule has 2 aromatic heterocycles. The SMILES string of the molecule is CC(=O)O.COc1ccc(CN=C=Nc2cc(OC)c(F)cc2C#N)c(OC)c1.COc1ccc(CNc2nc3cc(OC)c(F)cc3c3nc(C4CCCC(O)C4)nn23)c(OC)c1.NNC(=O)C1CCCC(O)C1. The molecule has 4 aromatic carbocycles. The smallest absolute Gasteiger partial charge is 0.300 e. The molecule has 21 nitrogen and oxygen atoms in total. The number of rotatable bonds is 14. The number of halogens is 2. The number of aliphatic carboxylic acids is 1. The fourth-order valence-electron chi connectivity index (χ4n) is 8.23. The first-order valence-electron chi connectivity index (χ1n) is 23.7. The van der Waals surface area contributed by atoms with E-state index in [4.69, 9.17) is 64.5 Å². The number of carboxylic acid groups (broad SMARTS) is 1. The molecule has 6 aromatic rings. The van der Waals surface area contributed by atoms with Crippen LogP contribution in [0.1, 0.15) is 86.7 Å². The average Bonchev–Trinajstić information content (AvgIpc) is 3.88. The minimum atomic E-state index is -0.833. The van der Waals surface area contributed by atoms with Crippen LogP contribution in [0.15, 0.2) is 70.6 Å². The third kappa shape index (κ3) is 15.9. The number of benzene rings is 4. The van der Waals surface area contributed by atoms with E-state index in [0.29, 0.717) is 70.7 Å². The Morgan fingerprint density at radius 2 is 1.37 bits per heavy atom. The van der Waals surface area contributed by atoms with Gasteiger partial charge in [-0.2, -0.15) is 14.8 Å². The highest BCUT2D eigenvalue weighted by Crippen LogP contribution is 2.35. The predicted molar refractivity (Wildman–Crippen MR) is 273 cm³/mol. The standard InChI is InChI=1S/C25H28FN5O4.C18H16FN3O3.C7H14N2O2.C2H4O2/c1-33-17-8-7-15(21(10-17)34-2)13-27-25-28-20-12-22(35-3)19(26)11-18(20)24-29-23(30-31(24)25)14-5-4-6-16(32)9-14;1-23-14-5-4-12(17(7-14)24-2)10-21-11-22-16-8-18(25-3)15(19)6-13(16)9-20;8-9-7(11)5-2-1-3-6(10)4-5;1-2(3)4/h7-8,10-12,14,16,32H,4-6,9,13H2,1-3H3,(H,27,28);4-8H,10H2,1-3H3;5-6,10H,1-4,8H2,(H,9,11);1H3,(H,3,4). The van der Waals surface area contributed by atoms with Crippen LogP contribution in [-0.4, -0.2) is 108 Å². The summed E-state index contributed by atoms with van der Waals surface area (Å²) in [4.78, 5) is 37.5. The molecule has 0 radical (unpaired) electrons. The van der Waals surface area contributed by atoms with Gasteiger partial charge in [-0.1, -0.05) is 12.8 Å². The van der Waals surface area contributed by atoms with E-state index in [-0.39, 0.29) is 59.2 Å². The normalized spacial score (nSPS) is 16.6. The number of aromatic nitrogens is 4. The number of ether oxygens (including phenoxy) is 6. The molecule has 4 unspecified atom stereocenters. The highest BCUT2D eigenvalue weighted by atomic mass is 19.1. The maximum absolute atomic E-state index is 14.6. The third-order valence-electron chi connectivity index (χ3n) is 12.0. The zero-order valence-corrected chi connectivity index (χ0v) is 42.7. The molecular weight excluding hydrogens is 979 g/mol. The molecule has 0 bridgehead atoms. The lowest BCUT2D eigenvalue weighted by Gasteiger charge is -2.23. The van der Waals surface area contributed by atoms with Gasteiger partial charge in [0, 0.05) is 66.1 Å². The van der Waals surface area contributed by atoms with Crippen molar-refractivity contribution in [1.29, 1.82) is 5.26 Å². The van der Waals surface area contributed by atoms with Crippen molar-refractivity contribution < 1.29 is 62.1 Å². The summed E-state index contributed by atoms with van der Waals surface area (Å²) in [7, 11) is 9.09. The quantitative estimate of drug-likeness (QED) is 0.0268. The summed E-state index contributed by atoms with van der Waals surface area (Å²) in [5.41, 5.74) is 5.15. The van der Waals surface area contributed by atoms with E-state index >= 15 is 0 Å². The summed E-state index contributed by atoms with van der Waals surface area (Å²) in [6.45, 7) is 1.76. The summed E-state index contributed by atoms with van der Waals surface area (Å²) < 4.78 is 61.1. The van der Waals surface area contributed by atoms with Crippen molar-refractivity contribution in [3.05, 3.63) is 94.8 Å². The van der Waals surface area contributed by atoms with E-state index < -0.39 is 17.6 Å². The van der Waals surface area contributed by atoms with Crippen LogP contribution in [0.3, 0.4) is 0 Å². The number of carboxylic acids is 1. The van der Waals surface area contributed by atoms with Gasteiger partial charge < -0.3 is 49.1 Å². The summed E-state index contributed by atoms with van der Waals surface area (Å²) in [6, 6.07) is 20.7. The molecule has 75 heavy (non-hydrogen) atoms. The van der Waals surface area contributed by atoms with E-state index in [1.54, 1.807) is 51.2 Å². The van der Waals surface area contributed by atoms with Crippen LogP contribution in [0, 0.1) is 28.9 Å². The first kappa shape index (κ1) is 57.7. The number of carbonyl (C=O) groups excluding carboxylic acids is 1. The Morgan fingerprint density at radius 1 is 0.787 bits per heavy atom. The Balaban J connectivity index is 0.000000225. The van der Waals surface area contributed by atoms with Gasteiger partial charge in [0.1, 0.15) is 29.1 Å². The van der Waals surface area contributed by atoms with Gasteiger partial charge in [0.05, 0.1) is 84.2 Å². The lowest BCUT2D eigenvalue weighted by Crippen LogP contribution is -2.38.